The predicted molar refractivity (Wildman–Crippen MR) is 114 cm³/mol. The van der Waals surface area contributed by atoms with Gasteiger partial charge in [-0.25, -0.2) is 4.99 Å². The largest absolute Gasteiger partial charge is 0.484 e. The molecule has 1 unspecified atom stereocenters. The number of likely N-dealkylation sites (tertiary alicyclic amines) is 1. The quantitative estimate of drug-likeness (QED) is 0.497. The van der Waals surface area contributed by atoms with Gasteiger partial charge in [0.2, 0.25) is 0 Å². The van der Waals surface area contributed by atoms with Crippen molar-refractivity contribution in [2.75, 3.05) is 46.9 Å². The first-order chi connectivity index (χ1) is 13.5. The molecule has 0 saturated carbocycles. The number of ether oxygens (including phenoxy) is 1. The van der Waals surface area contributed by atoms with Crippen LogP contribution in [0.1, 0.15) is 32.3 Å². The Morgan fingerprint density at radius 3 is 2.86 bits per heavy atom. The van der Waals surface area contributed by atoms with Gasteiger partial charge < -0.3 is 20.3 Å². The number of carbonyl (C=O) groups is 1. The molecule has 1 aromatic carbocycles. The van der Waals surface area contributed by atoms with E-state index in [4.69, 9.17) is 9.73 Å². The van der Waals surface area contributed by atoms with Gasteiger partial charge in [-0.1, -0.05) is 19.1 Å². The monoisotopic (exact) mass is 389 g/mol. The maximum Gasteiger partial charge on any atom is 0.259 e. The van der Waals surface area contributed by atoms with Crippen molar-refractivity contribution >= 4 is 11.9 Å². The third-order valence-corrected chi connectivity index (χ3v) is 4.93. The van der Waals surface area contributed by atoms with Crippen molar-refractivity contribution in [2.24, 2.45) is 4.99 Å². The third kappa shape index (κ3) is 7.03. The summed E-state index contributed by atoms with van der Waals surface area (Å²) in [5.41, 5.74) is 1.04. The van der Waals surface area contributed by atoms with Crippen molar-refractivity contribution in [2.45, 2.75) is 39.3 Å². The van der Waals surface area contributed by atoms with Gasteiger partial charge in [-0.05, 0) is 50.6 Å². The van der Waals surface area contributed by atoms with Gasteiger partial charge in [0.1, 0.15) is 5.75 Å². The molecule has 0 bridgehead atoms. The number of amides is 1. The number of guanidine groups is 1. The van der Waals surface area contributed by atoms with Crippen LogP contribution < -0.4 is 15.4 Å². The van der Waals surface area contributed by atoms with E-state index in [1.807, 2.05) is 24.3 Å². The van der Waals surface area contributed by atoms with Crippen LogP contribution in [0.3, 0.4) is 0 Å². The number of carbonyl (C=O) groups excluding carboxylic acids is 1. The zero-order valence-corrected chi connectivity index (χ0v) is 17.7. The lowest BCUT2D eigenvalue weighted by Gasteiger charge is -2.24. The number of nitrogens with zero attached hydrogens (tertiary/aromatic N) is 3. The van der Waals surface area contributed by atoms with Gasteiger partial charge in [0.15, 0.2) is 12.6 Å². The second-order valence-corrected chi connectivity index (χ2v) is 7.22. The Balaban J connectivity index is 1.90. The number of likely N-dealkylation sites (N-methyl/N-ethyl adjacent to an activating group) is 2. The molecule has 1 aromatic rings. The van der Waals surface area contributed by atoms with Crippen molar-refractivity contribution in [3.8, 4) is 5.75 Å². The Hall–Kier alpha value is -2.28. The first-order valence-electron chi connectivity index (χ1n) is 10.2. The molecule has 1 fully saturated rings. The molecule has 2 rings (SSSR count). The lowest BCUT2D eigenvalue weighted by atomic mass is 10.2. The number of aliphatic imine (C=N–C) groups is 1. The van der Waals surface area contributed by atoms with E-state index in [9.17, 15) is 4.79 Å². The Morgan fingerprint density at radius 1 is 1.32 bits per heavy atom. The fraction of sp³-hybridized carbons (Fsp3) is 0.619. The predicted octanol–water partition coefficient (Wildman–Crippen LogP) is 1.69. The van der Waals surface area contributed by atoms with E-state index in [2.05, 4.69) is 29.4 Å². The third-order valence-electron chi connectivity index (χ3n) is 4.93. The summed E-state index contributed by atoms with van der Waals surface area (Å²) in [4.78, 5) is 20.4. The van der Waals surface area contributed by atoms with Crippen LogP contribution in [-0.2, 0) is 11.3 Å². The molecule has 156 valence electrons. The summed E-state index contributed by atoms with van der Waals surface area (Å²) in [7, 11) is 3.44. The van der Waals surface area contributed by atoms with Crippen molar-refractivity contribution in [1.29, 1.82) is 0 Å². The minimum atomic E-state index is -0.0601. The number of hydrogen-bond acceptors (Lipinski definition) is 4. The molecule has 1 saturated heterocycles. The number of benzene rings is 1. The maximum absolute atomic E-state index is 11.7. The molecule has 0 aromatic heterocycles. The van der Waals surface area contributed by atoms with E-state index < -0.39 is 0 Å². The van der Waals surface area contributed by atoms with Gasteiger partial charge in [0.05, 0.1) is 6.54 Å². The van der Waals surface area contributed by atoms with Crippen molar-refractivity contribution < 1.29 is 9.53 Å². The van der Waals surface area contributed by atoms with Crippen LogP contribution in [0.2, 0.25) is 0 Å². The zero-order chi connectivity index (χ0) is 20.4. The van der Waals surface area contributed by atoms with Gasteiger partial charge in [0, 0.05) is 33.2 Å². The molecule has 1 aliphatic heterocycles. The minimum Gasteiger partial charge on any atom is -0.484 e. The highest BCUT2D eigenvalue weighted by Gasteiger charge is 2.22. The van der Waals surface area contributed by atoms with Crippen molar-refractivity contribution in [3.63, 3.8) is 0 Å². The van der Waals surface area contributed by atoms with E-state index in [0.717, 1.165) is 31.2 Å². The molecule has 1 amide bonds. The molecule has 0 spiro atoms. The number of nitrogens with one attached hydrogen (secondary N) is 2. The Labute approximate surface area is 169 Å². The number of hydrogen-bond donors (Lipinski definition) is 2. The summed E-state index contributed by atoms with van der Waals surface area (Å²) in [6.07, 6.45) is 2.52. The SMILES string of the molecule is CCNC(=NCc1cccc(OCC(=O)N(C)C)c1)NCC1CCCN1CC. The standard InChI is InChI=1S/C21H35N5O2/c1-5-22-21(24-15-18-10-8-12-26(18)6-2)23-14-17-9-7-11-19(13-17)28-16-20(27)25(3)4/h7,9,11,13,18H,5-6,8,10,12,14-16H2,1-4H3,(H2,22,23,24). The summed E-state index contributed by atoms with van der Waals surface area (Å²) >= 11 is 0. The molecule has 28 heavy (non-hydrogen) atoms. The average Bonchev–Trinajstić information content (AvgIpc) is 3.16. The Kier molecular flexibility index (Phi) is 9.07. The summed E-state index contributed by atoms with van der Waals surface area (Å²) in [5, 5.41) is 6.80. The summed E-state index contributed by atoms with van der Waals surface area (Å²) < 4.78 is 5.59. The lowest BCUT2D eigenvalue weighted by molar-refractivity contribution is -0.130. The van der Waals surface area contributed by atoms with Gasteiger partial charge >= 0.3 is 0 Å². The molecular formula is C21H35N5O2. The Bertz CT molecular complexity index is 647. The van der Waals surface area contributed by atoms with E-state index in [0.29, 0.717) is 18.3 Å². The van der Waals surface area contributed by atoms with Crippen LogP contribution in [0.5, 0.6) is 5.75 Å². The van der Waals surface area contributed by atoms with E-state index in [1.54, 1.807) is 14.1 Å². The van der Waals surface area contributed by atoms with Crippen LogP contribution in [0.25, 0.3) is 0 Å². The van der Waals surface area contributed by atoms with Gasteiger partial charge in [-0.3, -0.25) is 9.69 Å². The van der Waals surface area contributed by atoms with Crippen LogP contribution >= 0.6 is 0 Å². The molecule has 1 atom stereocenters. The minimum absolute atomic E-state index is 0.0409. The maximum atomic E-state index is 11.7. The summed E-state index contributed by atoms with van der Waals surface area (Å²) in [6.45, 7) is 8.91. The fourth-order valence-electron chi connectivity index (χ4n) is 3.28. The highest BCUT2D eigenvalue weighted by atomic mass is 16.5. The molecular weight excluding hydrogens is 354 g/mol. The second kappa shape index (κ2) is 11.5. The van der Waals surface area contributed by atoms with Gasteiger partial charge in [0.25, 0.3) is 5.91 Å². The topological polar surface area (TPSA) is 69.2 Å². The van der Waals surface area contributed by atoms with Crippen LogP contribution in [0, 0.1) is 0 Å². The summed E-state index contributed by atoms with van der Waals surface area (Å²) in [5.74, 6) is 1.46. The normalized spacial score (nSPS) is 17.4. The fourth-order valence-corrected chi connectivity index (χ4v) is 3.28. The molecule has 0 radical (unpaired) electrons. The smallest absolute Gasteiger partial charge is 0.259 e. The average molecular weight is 390 g/mol. The summed E-state index contributed by atoms with van der Waals surface area (Å²) in [6, 6.07) is 8.33. The van der Waals surface area contributed by atoms with Crippen LogP contribution in [0.4, 0.5) is 0 Å². The van der Waals surface area contributed by atoms with E-state index >= 15 is 0 Å². The molecule has 0 aliphatic carbocycles. The van der Waals surface area contributed by atoms with Crippen LogP contribution in [-0.4, -0.2) is 74.6 Å². The Morgan fingerprint density at radius 2 is 2.14 bits per heavy atom. The van der Waals surface area contributed by atoms with E-state index in [-0.39, 0.29) is 12.5 Å². The van der Waals surface area contributed by atoms with Crippen LogP contribution in [0.15, 0.2) is 29.3 Å². The zero-order valence-electron chi connectivity index (χ0n) is 17.7. The lowest BCUT2D eigenvalue weighted by Crippen LogP contribution is -2.44. The highest BCUT2D eigenvalue weighted by Crippen LogP contribution is 2.16. The first-order valence-corrected chi connectivity index (χ1v) is 10.2. The molecule has 1 aliphatic rings. The molecule has 7 heteroatoms. The second-order valence-electron chi connectivity index (χ2n) is 7.22. The van der Waals surface area contributed by atoms with Gasteiger partial charge in [-0.15, -0.1) is 0 Å². The molecule has 1 heterocycles. The van der Waals surface area contributed by atoms with E-state index in [1.165, 1.54) is 24.3 Å². The highest BCUT2D eigenvalue weighted by molar-refractivity contribution is 5.79. The first kappa shape index (κ1) is 22.0. The van der Waals surface area contributed by atoms with Crippen molar-refractivity contribution in [3.05, 3.63) is 29.8 Å². The van der Waals surface area contributed by atoms with Gasteiger partial charge in [-0.2, -0.15) is 0 Å². The van der Waals surface area contributed by atoms with Crippen molar-refractivity contribution in [1.82, 2.24) is 20.4 Å². The molecule has 2 N–H and O–H groups in total. The number of rotatable bonds is 9. The molecule has 7 nitrogen and oxygen atoms in total.